The van der Waals surface area contributed by atoms with Crippen LogP contribution >= 0.6 is 11.3 Å². The van der Waals surface area contributed by atoms with Crippen molar-refractivity contribution in [2.24, 2.45) is 0 Å². The molecule has 0 amide bonds. The van der Waals surface area contributed by atoms with E-state index < -0.39 is 0 Å². The lowest BCUT2D eigenvalue weighted by atomic mass is 10.3. The van der Waals surface area contributed by atoms with E-state index in [0.29, 0.717) is 0 Å². The summed E-state index contributed by atoms with van der Waals surface area (Å²) < 4.78 is 0. The first kappa shape index (κ1) is 10.4. The van der Waals surface area contributed by atoms with Gasteiger partial charge < -0.3 is 10.3 Å². The van der Waals surface area contributed by atoms with Gasteiger partial charge in [-0.25, -0.2) is 4.98 Å². The topological polar surface area (TPSA) is 40.7 Å². The third-order valence-corrected chi connectivity index (χ3v) is 3.11. The quantitative estimate of drug-likeness (QED) is 0.833. The Morgan fingerprint density at radius 2 is 2.40 bits per heavy atom. The first-order chi connectivity index (χ1) is 7.31. The first-order valence-electron chi connectivity index (χ1n) is 5.11. The van der Waals surface area contributed by atoms with Crippen molar-refractivity contribution in [3.63, 3.8) is 0 Å². The number of aryl methyl sites for hydroxylation is 1. The maximum absolute atomic E-state index is 4.58. The fraction of sp³-hybridized carbons (Fsp3) is 0.364. The molecule has 2 N–H and O–H groups in total. The Kier molecular flexibility index (Phi) is 3.18. The minimum Gasteiger partial charge on any atom is -0.344 e. The maximum atomic E-state index is 4.58. The number of nitrogens with zero attached hydrogens (tertiary/aromatic N) is 1. The molecule has 0 radical (unpaired) electrons. The zero-order valence-corrected chi connectivity index (χ0v) is 9.82. The van der Waals surface area contributed by atoms with Crippen LogP contribution in [0, 0.1) is 6.92 Å². The molecule has 0 aromatic carbocycles. The van der Waals surface area contributed by atoms with Crippen molar-refractivity contribution in [2.75, 3.05) is 6.54 Å². The molecule has 0 bridgehead atoms. The van der Waals surface area contributed by atoms with E-state index in [4.69, 9.17) is 0 Å². The molecule has 3 nitrogen and oxygen atoms in total. The van der Waals surface area contributed by atoms with Crippen LogP contribution in [-0.4, -0.2) is 16.5 Å². The standard InChI is InChI=1S/C11H15N3S/c1-3-12-7-10-13-8(2)11(14-10)9-5-4-6-15-9/h4-6,12H,3,7H2,1-2H3,(H,13,14). The first-order valence-corrected chi connectivity index (χ1v) is 5.99. The molecule has 0 atom stereocenters. The van der Waals surface area contributed by atoms with Gasteiger partial charge in [-0.1, -0.05) is 13.0 Å². The molecule has 2 aromatic rings. The number of aromatic amines is 1. The lowest BCUT2D eigenvalue weighted by Gasteiger charge is -1.95. The average Bonchev–Trinajstić information content (AvgIpc) is 2.83. The molecule has 0 aliphatic rings. The fourth-order valence-corrected chi connectivity index (χ4v) is 2.27. The van der Waals surface area contributed by atoms with Gasteiger partial charge in [-0.2, -0.15) is 0 Å². The molecule has 2 rings (SSSR count). The highest BCUT2D eigenvalue weighted by Gasteiger charge is 2.08. The highest BCUT2D eigenvalue weighted by atomic mass is 32.1. The van der Waals surface area contributed by atoms with Gasteiger partial charge in [-0.05, 0) is 24.9 Å². The summed E-state index contributed by atoms with van der Waals surface area (Å²) in [6, 6.07) is 4.16. The van der Waals surface area contributed by atoms with Crippen molar-refractivity contribution in [2.45, 2.75) is 20.4 Å². The van der Waals surface area contributed by atoms with Gasteiger partial charge in [-0.15, -0.1) is 11.3 Å². The van der Waals surface area contributed by atoms with Gasteiger partial charge in [0.15, 0.2) is 0 Å². The van der Waals surface area contributed by atoms with E-state index in [9.17, 15) is 0 Å². The van der Waals surface area contributed by atoms with E-state index in [-0.39, 0.29) is 0 Å². The zero-order chi connectivity index (χ0) is 10.7. The molecule has 80 valence electrons. The van der Waals surface area contributed by atoms with Crippen molar-refractivity contribution >= 4 is 11.3 Å². The SMILES string of the molecule is CCNCc1nc(-c2cccs2)c(C)[nH]1. The molecule has 0 aliphatic heterocycles. The molecule has 0 spiro atoms. The Morgan fingerprint density at radius 3 is 3.07 bits per heavy atom. The highest BCUT2D eigenvalue weighted by molar-refractivity contribution is 7.13. The second-order valence-electron chi connectivity index (χ2n) is 3.41. The number of aromatic nitrogens is 2. The average molecular weight is 221 g/mol. The van der Waals surface area contributed by atoms with E-state index >= 15 is 0 Å². The number of thiophene rings is 1. The lowest BCUT2D eigenvalue weighted by molar-refractivity contribution is 0.697. The Hall–Kier alpha value is -1.13. The van der Waals surface area contributed by atoms with Crippen LogP contribution in [0.25, 0.3) is 10.6 Å². The van der Waals surface area contributed by atoms with Crippen molar-refractivity contribution in [3.8, 4) is 10.6 Å². The summed E-state index contributed by atoms with van der Waals surface area (Å²) in [7, 11) is 0. The molecular formula is C11H15N3S. The Bertz CT molecular complexity index is 417. The van der Waals surface area contributed by atoms with Crippen LogP contribution in [0.4, 0.5) is 0 Å². The summed E-state index contributed by atoms with van der Waals surface area (Å²) in [5.41, 5.74) is 2.23. The van der Waals surface area contributed by atoms with E-state index in [1.807, 2.05) is 0 Å². The molecule has 15 heavy (non-hydrogen) atoms. The third-order valence-electron chi connectivity index (χ3n) is 2.23. The summed E-state index contributed by atoms with van der Waals surface area (Å²) in [6.07, 6.45) is 0. The van der Waals surface area contributed by atoms with Crippen molar-refractivity contribution in [1.29, 1.82) is 0 Å². The van der Waals surface area contributed by atoms with Crippen LogP contribution in [0.1, 0.15) is 18.4 Å². The number of H-pyrrole nitrogens is 1. The third kappa shape index (κ3) is 2.27. The minimum absolute atomic E-state index is 0.808. The number of hydrogen-bond donors (Lipinski definition) is 2. The van der Waals surface area contributed by atoms with Crippen LogP contribution in [0.5, 0.6) is 0 Å². The van der Waals surface area contributed by atoms with Crippen LogP contribution in [0.3, 0.4) is 0 Å². The van der Waals surface area contributed by atoms with Gasteiger partial charge in [0.2, 0.25) is 0 Å². The molecule has 0 saturated carbocycles. The molecule has 2 heterocycles. The van der Waals surface area contributed by atoms with Gasteiger partial charge in [0, 0.05) is 5.69 Å². The van der Waals surface area contributed by atoms with Crippen molar-refractivity contribution < 1.29 is 0 Å². The molecule has 0 saturated heterocycles. The summed E-state index contributed by atoms with van der Waals surface area (Å²) in [5, 5.41) is 5.34. The van der Waals surface area contributed by atoms with E-state index in [2.05, 4.69) is 46.6 Å². The monoisotopic (exact) mass is 221 g/mol. The minimum atomic E-state index is 0.808. The fourth-order valence-electron chi connectivity index (χ4n) is 1.50. The van der Waals surface area contributed by atoms with Gasteiger partial charge in [0.25, 0.3) is 0 Å². The van der Waals surface area contributed by atoms with Gasteiger partial charge in [0.05, 0.1) is 11.4 Å². The van der Waals surface area contributed by atoms with Crippen molar-refractivity contribution in [1.82, 2.24) is 15.3 Å². The van der Waals surface area contributed by atoms with Crippen LogP contribution < -0.4 is 5.32 Å². The predicted octanol–water partition coefficient (Wildman–Crippen LogP) is 2.56. The van der Waals surface area contributed by atoms with Crippen LogP contribution in [-0.2, 0) is 6.54 Å². The van der Waals surface area contributed by atoms with Gasteiger partial charge in [0.1, 0.15) is 11.5 Å². The smallest absolute Gasteiger partial charge is 0.121 e. The lowest BCUT2D eigenvalue weighted by Crippen LogP contribution is -2.12. The summed E-state index contributed by atoms with van der Waals surface area (Å²) in [5.74, 6) is 1.01. The highest BCUT2D eigenvalue weighted by Crippen LogP contribution is 2.25. The molecule has 0 aliphatic carbocycles. The predicted molar refractivity (Wildman–Crippen MR) is 64.0 cm³/mol. The number of nitrogens with one attached hydrogen (secondary N) is 2. The zero-order valence-electron chi connectivity index (χ0n) is 9.00. The molecular weight excluding hydrogens is 206 g/mol. The normalized spacial score (nSPS) is 10.8. The van der Waals surface area contributed by atoms with Gasteiger partial charge >= 0.3 is 0 Å². The van der Waals surface area contributed by atoms with Crippen LogP contribution in [0.15, 0.2) is 17.5 Å². The van der Waals surface area contributed by atoms with E-state index in [0.717, 1.165) is 30.3 Å². The van der Waals surface area contributed by atoms with E-state index in [1.54, 1.807) is 11.3 Å². The molecule has 2 aromatic heterocycles. The number of imidazole rings is 1. The summed E-state index contributed by atoms with van der Waals surface area (Å²) >= 11 is 1.72. The summed E-state index contributed by atoms with van der Waals surface area (Å²) in [4.78, 5) is 9.11. The Balaban J connectivity index is 2.22. The van der Waals surface area contributed by atoms with Crippen LogP contribution in [0.2, 0.25) is 0 Å². The summed E-state index contributed by atoms with van der Waals surface area (Å²) in [6.45, 7) is 5.93. The maximum Gasteiger partial charge on any atom is 0.121 e. The Morgan fingerprint density at radius 1 is 1.53 bits per heavy atom. The van der Waals surface area contributed by atoms with E-state index in [1.165, 1.54) is 4.88 Å². The number of rotatable bonds is 4. The number of hydrogen-bond acceptors (Lipinski definition) is 3. The molecule has 0 unspecified atom stereocenters. The van der Waals surface area contributed by atoms with Crippen molar-refractivity contribution in [3.05, 3.63) is 29.0 Å². The largest absolute Gasteiger partial charge is 0.344 e. The second-order valence-corrected chi connectivity index (χ2v) is 4.36. The van der Waals surface area contributed by atoms with Gasteiger partial charge in [-0.3, -0.25) is 0 Å². The molecule has 4 heteroatoms. The molecule has 0 fully saturated rings. The Labute approximate surface area is 93.6 Å². The second kappa shape index (κ2) is 4.59.